The van der Waals surface area contributed by atoms with Crippen LogP contribution in [-0.2, 0) is 29.9 Å². The maximum absolute atomic E-state index is 14.3. The number of carbonyl (C=O) groups excluding carboxylic acids is 2. The molecule has 37 heavy (non-hydrogen) atoms. The van der Waals surface area contributed by atoms with E-state index in [1.807, 2.05) is 0 Å². The lowest BCUT2D eigenvalue weighted by Crippen LogP contribution is -2.35. The van der Waals surface area contributed by atoms with E-state index in [-0.39, 0.29) is 40.7 Å². The zero-order valence-electron chi connectivity index (χ0n) is 20.7. The van der Waals surface area contributed by atoms with Crippen molar-refractivity contribution >= 4 is 28.7 Å². The van der Waals surface area contributed by atoms with Crippen molar-refractivity contribution in [1.29, 1.82) is 0 Å². The second-order valence-electron chi connectivity index (χ2n) is 9.36. The van der Waals surface area contributed by atoms with Crippen molar-refractivity contribution in [2.24, 2.45) is 11.8 Å². The summed E-state index contributed by atoms with van der Waals surface area (Å²) in [6, 6.07) is 7.25. The molecular weight excluding hydrogens is 505 g/mol. The molecule has 2 saturated carbocycles. The first-order valence-corrected chi connectivity index (χ1v) is 13.0. The molecule has 198 valence electrons. The first-order valence-electron chi connectivity index (χ1n) is 11.9. The van der Waals surface area contributed by atoms with Gasteiger partial charge in [-0.1, -0.05) is 6.07 Å². The molecule has 0 bridgehead atoms. The molecule has 11 heteroatoms. The molecule has 5 rings (SSSR count). The van der Waals surface area contributed by atoms with Gasteiger partial charge < -0.3 is 23.7 Å². The number of fused-ring (bicyclic) bond motifs is 3. The van der Waals surface area contributed by atoms with Crippen molar-refractivity contribution in [3.05, 3.63) is 52.8 Å². The fraction of sp³-hybridized carbons (Fsp3) is 0.462. The summed E-state index contributed by atoms with van der Waals surface area (Å²) in [4.78, 5) is 26.2. The number of halogens is 1. The van der Waals surface area contributed by atoms with Crippen LogP contribution < -0.4 is 9.04 Å². The number of amides is 1. The first-order chi connectivity index (χ1) is 17.9. The lowest BCUT2D eigenvalue weighted by molar-refractivity contribution is -0.0348. The summed E-state index contributed by atoms with van der Waals surface area (Å²) in [5.74, 6) is -0.233. The molecule has 2 fully saturated rings. The van der Waals surface area contributed by atoms with Gasteiger partial charge in [0.05, 0.1) is 38.0 Å². The zero-order chi connectivity index (χ0) is 26.3. The standard InChI is InChI=1S/C26H28FNO8S/c1-32-13-35-11-14-8-19(14)20-10-16(27)4-7-22(20)37(31)28(26(30)34-3)21-6-5-17-18-9-15(18)12-36-24(17)23(21)25(29)33-2/h4-7,10,14-15,18-19H,8-9,11-13H2,1-3H3/t14?,15-,18-,19?,37?/m0/s1. The van der Waals surface area contributed by atoms with Gasteiger partial charge >= 0.3 is 12.1 Å². The second-order valence-corrected chi connectivity index (χ2v) is 10.7. The maximum atomic E-state index is 14.3. The Morgan fingerprint density at radius 3 is 2.62 bits per heavy atom. The Balaban J connectivity index is 1.55. The third-order valence-electron chi connectivity index (χ3n) is 7.06. The average molecular weight is 534 g/mol. The molecule has 2 aromatic carbocycles. The number of benzene rings is 2. The van der Waals surface area contributed by atoms with Crippen molar-refractivity contribution in [2.75, 3.05) is 45.6 Å². The van der Waals surface area contributed by atoms with Crippen LogP contribution in [0.4, 0.5) is 14.9 Å². The van der Waals surface area contributed by atoms with Gasteiger partial charge in [-0.05, 0) is 66.0 Å². The molecule has 0 spiro atoms. The number of ether oxygens (including phenoxy) is 5. The number of anilines is 1. The summed E-state index contributed by atoms with van der Waals surface area (Å²) in [5.41, 5.74) is 1.40. The smallest absolute Gasteiger partial charge is 0.426 e. The molecule has 9 nitrogen and oxygen atoms in total. The molecule has 0 radical (unpaired) electrons. The minimum atomic E-state index is -2.19. The normalized spacial score (nSPS) is 23.7. The molecule has 1 heterocycles. The topological polar surface area (TPSA) is 101 Å². The van der Waals surface area contributed by atoms with Gasteiger partial charge in [0.2, 0.25) is 0 Å². The third-order valence-corrected chi connectivity index (χ3v) is 8.49. The van der Waals surface area contributed by atoms with Crippen LogP contribution in [-0.4, -0.2) is 57.6 Å². The van der Waals surface area contributed by atoms with Gasteiger partial charge in [0.15, 0.2) is 11.0 Å². The highest BCUT2D eigenvalue weighted by Crippen LogP contribution is 2.56. The Morgan fingerprint density at radius 1 is 1.08 bits per heavy atom. The number of carbonyl (C=O) groups is 2. The van der Waals surface area contributed by atoms with Crippen LogP contribution in [0.2, 0.25) is 0 Å². The van der Waals surface area contributed by atoms with Gasteiger partial charge in [0, 0.05) is 13.0 Å². The van der Waals surface area contributed by atoms with Gasteiger partial charge in [-0.2, -0.15) is 4.31 Å². The van der Waals surface area contributed by atoms with Crippen molar-refractivity contribution in [1.82, 2.24) is 0 Å². The predicted molar refractivity (Wildman–Crippen MR) is 130 cm³/mol. The van der Waals surface area contributed by atoms with Crippen LogP contribution in [0.3, 0.4) is 0 Å². The largest absolute Gasteiger partial charge is 0.492 e. The monoisotopic (exact) mass is 533 g/mol. The average Bonchev–Trinajstić information content (AvgIpc) is 3.83. The Labute approximate surface area is 216 Å². The fourth-order valence-electron chi connectivity index (χ4n) is 5.01. The fourth-order valence-corrected chi connectivity index (χ4v) is 6.34. The third kappa shape index (κ3) is 4.83. The Kier molecular flexibility index (Phi) is 7.19. The van der Waals surface area contributed by atoms with Crippen molar-refractivity contribution in [2.45, 2.75) is 29.6 Å². The molecule has 3 aliphatic rings. The molecule has 2 aliphatic carbocycles. The van der Waals surface area contributed by atoms with Crippen molar-refractivity contribution < 1.29 is 41.9 Å². The molecule has 2 aromatic rings. The lowest BCUT2D eigenvalue weighted by Gasteiger charge is -2.26. The van der Waals surface area contributed by atoms with Gasteiger partial charge in [-0.3, -0.25) is 0 Å². The van der Waals surface area contributed by atoms with Crippen LogP contribution in [0.25, 0.3) is 0 Å². The number of rotatable bonds is 9. The minimum absolute atomic E-state index is 0.00465. The molecular formula is C26H28FNO8S. The Hall–Kier alpha value is -3.02. The van der Waals surface area contributed by atoms with Crippen LogP contribution in [0.5, 0.6) is 5.75 Å². The zero-order valence-corrected chi connectivity index (χ0v) is 21.5. The van der Waals surface area contributed by atoms with E-state index in [1.165, 1.54) is 32.4 Å². The highest BCUT2D eigenvalue weighted by atomic mass is 32.2. The number of esters is 1. The van der Waals surface area contributed by atoms with Gasteiger partial charge in [0.25, 0.3) is 0 Å². The molecule has 0 saturated heterocycles. The minimum Gasteiger partial charge on any atom is -0.492 e. The van der Waals surface area contributed by atoms with Crippen LogP contribution in [0.15, 0.2) is 35.2 Å². The predicted octanol–water partition coefficient (Wildman–Crippen LogP) is 4.13. The summed E-state index contributed by atoms with van der Waals surface area (Å²) in [6.45, 7) is 0.987. The van der Waals surface area contributed by atoms with Crippen molar-refractivity contribution in [3.63, 3.8) is 0 Å². The highest BCUT2D eigenvalue weighted by Gasteiger charge is 2.47. The van der Waals surface area contributed by atoms with Crippen LogP contribution >= 0.6 is 0 Å². The quantitative estimate of drug-likeness (QED) is 0.270. The molecule has 5 atom stereocenters. The van der Waals surface area contributed by atoms with Gasteiger partial charge in [0.1, 0.15) is 23.9 Å². The summed E-state index contributed by atoms with van der Waals surface area (Å²) in [6.07, 6.45) is 0.711. The Morgan fingerprint density at radius 2 is 1.89 bits per heavy atom. The molecule has 1 amide bonds. The van der Waals surface area contributed by atoms with E-state index in [0.717, 1.165) is 23.4 Å². The highest BCUT2D eigenvalue weighted by molar-refractivity contribution is 7.87. The van der Waals surface area contributed by atoms with E-state index in [0.29, 0.717) is 36.9 Å². The van der Waals surface area contributed by atoms with E-state index in [4.69, 9.17) is 23.7 Å². The maximum Gasteiger partial charge on any atom is 0.426 e. The van der Waals surface area contributed by atoms with E-state index >= 15 is 0 Å². The van der Waals surface area contributed by atoms with Crippen LogP contribution in [0.1, 0.15) is 46.2 Å². The van der Waals surface area contributed by atoms with Crippen LogP contribution in [0, 0.1) is 17.7 Å². The SMILES string of the molecule is COCOCC1CC1c1cc(F)ccc1S(=O)N(C(=O)OC)c1ccc2c(c1C(=O)OC)OC[C@@H]1C[C@H]21. The Bertz CT molecular complexity index is 1250. The summed E-state index contributed by atoms with van der Waals surface area (Å²) < 4.78 is 55.5. The van der Waals surface area contributed by atoms with E-state index in [1.54, 1.807) is 12.1 Å². The second kappa shape index (κ2) is 10.4. The summed E-state index contributed by atoms with van der Waals surface area (Å²) in [5, 5.41) is 0. The number of hydrogen-bond acceptors (Lipinski definition) is 8. The number of nitrogens with zero attached hydrogens (tertiary/aromatic N) is 1. The summed E-state index contributed by atoms with van der Waals surface area (Å²) in [7, 11) is 1.72. The molecule has 3 unspecified atom stereocenters. The van der Waals surface area contributed by atoms with E-state index in [9.17, 15) is 18.2 Å². The van der Waals surface area contributed by atoms with E-state index in [2.05, 4.69) is 0 Å². The van der Waals surface area contributed by atoms with E-state index < -0.39 is 28.9 Å². The molecule has 0 N–H and O–H groups in total. The van der Waals surface area contributed by atoms with Gasteiger partial charge in [-0.15, -0.1) is 0 Å². The molecule has 0 aromatic heterocycles. The molecule has 1 aliphatic heterocycles. The van der Waals surface area contributed by atoms with Crippen molar-refractivity contribution in [3.8, 4) is 5.75 Å². The summed E-state index contributed by atoms with van der Waals surface area (Å²) >= 11 is 0. The number of hydrogen-bond donors (Lipinski definition) is 0. The van der Waals surface area contributed by atoms with Gasteiger partial charge in [-0.25, -0.2) is 18.2 Å². The number of methoxy groups -OCH3 is 3. The lowest BCUT2D eigenvalue weighted by atomic mass is 10.00. The first kappa shape index (κ1) is 25.6.